The van der Waals surface area contributed by atoms with Crippen molar-refractivity contribution in [1.29, 1.82) is 0 Å². The van der Waals surface area contributed by atoms with Crippen LogP contribution in [0.2, 0.25) is 0 Å². The van der Waals surface area contributed by atoms with Crippen molar-refractivity contribution in [3.63, 3.8) is 0 Å². The third kappa shape index (κ3) is 3.11. The second-order valence-electron chi connectivity index (χ2n) is 9.12. The van der Waals surface area contributed by atoms with Gasteiger partial charge in [0.2, 0.25) is 0 Å². The Hall–Kier alpha value is -4.58. The van der Waals surface area contributed by atoms with Crippen LogP contribution < -0.4 is 9.47 Å². The van der Waals surface area contributed by atoms with Crippen LogP contribution in [0.4, 0.5) is 0 Å². The minimum absolute atomic E-state index is 0.135. The molecular formula is C30H22O6. The molecule has 0 fully saturated rings. The van der Waals surface area contributed by atoms with Gasteiger partial charge in [0.1, 0.15) is 23.0 Å². The van der Waals surface area contributed by atoms with Gasteiger partial charge in [-0.2, -0.15) is 0 Å². The van der Waals surface area contributed by atoms with Gasteiger partial charge in [-0.15, -0.1) is 0 Å². The maximum atomic E-state index is 13.6. The Morgan fingerprint density at radius 1 is 0.611 bits per heavy atom. The van der Waals surface area contributed by atoms with Crippen molar-refractivity contribution >= 4 is 11.6 Å². The topological polar surface area (TPSA) is 93.1 Å². The minimum atomic E-state index is -1.64. The molecule has 6 rings (SSSR count). The fraction of sp³-hybridized carbons (Fsp3) is 0.133. The van der Waals surface area contributed by atoms with E-state index in [-0.39, 0.29) is 41.5 Å². The molecule has 0 aliphatic carbocycles. The fourth-order valence-corrected chi connectivity index (χ4v) is 5.44. The number of phenolic OH excluding ortho intramolecular Hbond substituents is 2. The van der Waals surface area contributed by atoms with Gasteiger partial charge in [0.25, 0.3) is 0 Å². The fourth-order valence-electron chi connectivity index (χ4n) is 5.44. The lowest BCUT2D eigenvalue weighted by atomic mass is 9.65. The Balaban J connectivity index is 1.70. The largest absolute Gasteiger partial charge is 0.508 e. The zero-order valence-corrected chi connectivity index (χ0v) is 19.2. The normalized spacial score (nSPS) is 22.7. The quantitative estimate of drug-likeness (QED) is 0.403. The van der Waals surface area contributed by atoms with Crippen molar-refractivity contribution in [2.45, 2.75) is 24.0 Å². The molecule has 0 saturated carbocycles. The average Bonchev–Trinajstić information content (AvgIpc) is 2.89. The number of benzene rings is 4. The average molecular weight is 479 g/mol. The van der Waals surface area contributed by atoms with Crippen molar-refractivity contribution < 1.29 is 29.3 Å². The highest BCUT2D eigenvalue weighted by molar-refractivity contribution is 6.02. The summed E-state index contributed by atoms with van der Waals surface area (Å²) in [5.41, 5.74) is -1.45. The van der Waals surface area contributed by atoms with E-state index in [0.29, 0.717) is 28.2 Å². The molecule has 6 nitrogen and oxygen atoms in total. The van der Waals surface area contributed by atoms with Gasteiger partial charge in [-0.1, -0.05) is 54.6 Å². The summed E-state index contributed by atoms with van der Waals surface area (Å²) in [4.78, 5) is 27.3. The molecule has 0 aromatic heterocycles. The van der Waals surface area contributed by atoms with Crippen LogP contribution in [0.1, 0.15) is 44.7 Å². The molecule has 2 unspecified atom stereocenters. The molecule has 178 valence electrons. The summed E-state index contributed by atoms with van der Waals surface area (Å²) >= 11 is 0. The third-order valence-electron chi connectivity index (χ3n) is 7.07. The third-order valence-corrected chi connectivity index (χ3v) is 7.07. The molecule has 2 aliphatic heterocycles. The lowest BCUT2D eigenvalue weighted by Crippen LogP contribution is -2.61. The highest BCUT2D eigenvalue weighted by Crippen LogP contribution is 2.58. The van der Waals surface area contributed by atoms with E-state index in [2.05, 4.69) is 0 Å². The Kier molecular flexibility index (Phi) is 4.86. The number of hydrogen-bond acceptors (Lipinski definition) is 6. The number of carbonyl (C=O) groups is 2. The highest BCUT2D eigenvalue weighted by atomic mass is 16.6. The van der Waals surface area contributed by atoms with E-state index in [1.165, 1.54) is 18.2 Å². The van der Waals surface area contributed by atoms with Crippen LogP contribution in [0.25, 0.3) is 0 Å². The van der Waals surface area contributed by atoms with Crippen molar-refractivity contribution in [3.8, 4) is 23.0 Å². The SMILES string of the molecule is O=C1CC(c2ccccc2)(C2(c3ccc(O)cc3O)CC(=O)c3ccccc3O2)Oc2ccccc21. The van der Waals surface area contributed by atoms with E-state index in [1.54, 1.807) is 48.5 Å². The van der Waals surface area contributed by atoms with Crippen LogP contribution in [0, 0.1) is 0 Å². The van der Waals surface area contributed by atoms with Crippen LogP contribution in [0.5, 0.6) is 23.0 Å². The second kappa shape index (κ2) is 7.99. The summed E-state index contributed by atoms with van der Waals surface area (Å²) in [6.07, 6.45) is -0.337. The summed E-state index contributed by atoms with van der Waals surface area (Å²) in [7, 11) is 0. The van der Waals surface area contributed by atoms with Gasteiger partial charge in [0, 0.05) is 17.2 Å². The molecule has 0 amide bonds. The molecular weight excluding hydrogens is 456 g/mol. The number of fused-ring (bicyclic) bond motifs is 2. The van der Waals surface area contributed by atoms with Gasteiger partial charge in [0.05, 0.1) is 24.0 Å². The van der Waals surface area contributed by atoms with E-state index >= 15 is 0 Å². The monoisotopic (exact) mass is 478 g/mol. The highest BCUT2D eigenvalue weighted by Gasteiger charge is 2.64. The number of Topliss-reactive ketones (excluding diaryl/α,β-unsaturated/α-hetero) is 2. The number of phenols is 2. The van der Waals surface area contributed by atoms with Gasteiger partial charge in [-0.3, -0.25) is 9.59 Å². The predicted molar refractivity (Wildman–Crippen MR) is 132 cm³/mol. The summed E-state index contributed by atoms with van der Waals surface area (Å²) in [6.45, 7) is 0. The van der Waals surface area contributed by atoms with Gasteiger partial charge in [-0.25, -0.2) is 0 Å². The van der Waals surface area contributed by atoms with Crippen LogP contribution in [0.15, 0.2) is 97.1 Å². The van der Waals surface area contributed by atoms with E-state index < -0.39 is 11.2 Å². The zero-order chi connectivity index (χ0) is 24.9. The number of ether oxygens (including phenoxy) is 2. The molecule has 2 aliphatic rings. The molecule has 4 aromatic rings. The molecule has 4 aromatic carbocycles. The van der Waals surface area contributed by atoms with E-state index in [0.717, 1.165) is 0 Å². The number of rotatable bonds is 3. The molecule has 2 N–H and O–H groups in total. The van der Waals surface area contributed by atoms with Crippen molar-refractivity contribution in [2.75, 3.05) is 0 Å². The molecule has 2 heterocycles. The van der Waals surface area contributed by atoms with Crippen LogP contribution in [-0.4, -0.2) is 21.8 Å². The standard InChI is InChI=1S/C30H22O6/c31-20-14-15-23(24(32)16-20)30(18-26(34)22-11-5-7-13-28(22)36-30)29(19-8-2-1-3-9-19)17-25(33)21-10-4-6-12-27(21)35-29/h1-16,31-32H,17-18H2. The van der Waals surface area contributed by atoms with Crippen LogP contribution >= 0.6 is 0 Å². The lowest BCUT2D eigenvalue weighted by molar-refractivity contribution is -0.136. The first kappa shape index (κ1) is 21.9. The molecule has 0 bridgehead atoms. The smallest absolute Gasteiger partial charge is 0.189 e. The van der Waals surface area contributed by atoms with Gasteiger partial charge in [-0.05, 0) is 36.4 Å². The number of carbonyl (C=O) groups excluding carboxylic acids is 2. The van der Waals surface area contributed by atoms with Crippen LogP contribution in [0.3, 0.4) is 0 Å². The molecule has 6 heteroatoms. The van der Waals surface area contributed by atoms with Crippen molar-refractivity contribution in [1.82, 2.24) is 0 Å². The van der Waals surface area contributed by atoms with E-state index in [9.17, 15) is 19.8 Å². The Morgan fingerprint density at radius 3 is 1.75 bits per heavy atom. The first-order valence-electron chi connectivity index (χ1n) is 11.6. The summed E-state index contributed by atoms with van der Waals surface area (Å²) in [5, 5.41) is 21.1. The number of ketones is 2. The van der Waals surface area contributed by atoms with E-state index in [4.69, 9.17) is 9.47 Å². The number of hydrogen-bond donors (Lipinski definition) is 2. The maximum Gasteiger partial charge on any atom is 0.189 e. The maximum absolute atomic E-state index is 13.6. The zero-order valence-electron chi connectivity index (χ0n) is 19.2. The van der Waals surface area contributed by atoms with Crippen LogP contribution in [-0.2, 0) is 11.2 Å². The molecule has 0 spiro atoms. The van der Waals surface area contributed by atoms with Crippen molar-refractivity contribution in [3.05, 3.63) is 119 Å². The first-order chi connectivity index (χ1) is 17.4. The van der Waals surface area contributed by atoms with Gasteiger partial charge in [0.15, 0.2) is 22.8 Å². The molecule has 36 heavy (non-hydrogen) atoms. The Bertz CT molecular complexity index is 1510. The predicted octanol–water partition coefficient (Wildman–Crippen LogP) is 5.52. The minimum Gasteiger partial charge on any atom is -0.508 e. The summed E-state index contributed by atoms with van der Waals surface area (Å²) in [6, 6.07) is 27.2. The Labute approximate surface area is 207 Å². The summed E-state index contributed by atoms with van der Waals surface area (Å²) < 4.78 is 13.5. The Morgan fingerprint density at radius 2 is 1.14 bits per heavy atom. The number of para-hydroxylation sites is 2. The van der Waals surface area contributed by atoms with Gasteiger partial charge < -0.3 is 19.7 Å². The molecule has 0 radical (unpaired) electrons. The number of aromatic hydroxyl groups is 2. The van der Waals surface area contributed by atoms with E-state index in [1.807, 2.05) is 30.3 Å². The lowest BCUT2D eigenvalue weighted by Gasteiger charge is -2.53. The first-order valence-corrected chi connectivity index (χ1v) is 11.6. The van der Waals surface area contributed by atoms with Gasteiger partial charge >= 0.3 is 0 Å². The molecule has 2 atom stereocenters. The molecule has 0 saturated heterocycles. The second-order valence-corrected chi connectivity index (χ2v) is 9.12. The van der Waals surface area contributed by atoms with Crippen molar-refractivity contribution in [2.24, 2.45) is 0 Å². The summed E-state index contributed by atoms with van der Waals surface area (Å²) in [5.74, 6) is -0.111.